The Labute approximate surface area is 245 Å². The summed E-state index contributed by atoms with van der Waals surface area (Å²) < 4.78 is 5.18. The highest BCUT2D eigenvalue weighted by Gasteiger charge is 2.48. The lowest BCUT2D eigenvalue weighted by atomic mass is 9.85. The third kappa shape index (κ3) is 3.91. The number of rotatable bonds is 5. The molecule has 3 aliphatic rings. The lowest BCUT2D eigenvalue weighted by Crippen LogP contribution is -2.25. The van der Waals surface area contributed by atoms with Crippen molar-refractivity contribution in [1.82, 2.24) is 20.3 Å². The minimum absolute atomic E-state index is 0.101. The van der Waals surface area contributed by atoms with E-state index < -0.39 is 11.9 Å². The van der Waals surface area contributed by atoms with E-state index >= 15 is 0 Å². The van der Waals surface area contributed by atoms with E-state index in [0.717, 1.165) is 80.6 Å². The summed E-state index contributed by atoms with van der Waals surface area (Å²) in [6.07, 6.45) is 9.56. The first-order chi connectivity index (χ1) is 20.1. The SMILES string of the molecule is CCC[C@@H]1/C2=C3/c4[nH]c(c(C)c4C(=O)[C@@H]3C(=O)OC)/C=c3\[nH]/c(c(C=O)c3CC)=C\c3[nH]c(c(C)c3C)/C=C(\N2)[C@H]1C. The molecule has 218 valence electrons. The number of Topliss-reactive ketones (excluding diaryl/α,β-unsaturated/α-hetero) is 1. The minimum Gasteiger partial charge on any atom is -0.468 e. The molecule has 6 rings (SSSR count). The summed E-state index contributed by atoms with van der Waals surface area (Å²) >= 11 is 0. The maximum Gasteiger partial charge on any atom is 0.321 e. The first kappa shape index (κ1) is 27.8. The average molecular weight is 567 g/mol. The number of hydrogen-bond acceptors (Lipinski definition) is 5. The number of methoxy groups -OCH3 is 1. The van der Waals surface area contributed by atoms with E-state index in [9.17, 15) is 14.4 Å². The van der Waals surface area contributed by atoms with Gasteiger partial charge in [0.2, 0.25) is 0 Å². The molecule has 0 radical (unpaired) electrons. The van der Waals surface area contributed by atoms with Crippen LogP contribution in [-0.4, -0.2) is 40.1 Å². The maximum absolute atomic E-state index is 14.0. The third-order valence-corrected chi connectivity index (χ3v) is 9.62. The van der Waals surface area contributed by atoms with E-state index in [4.69, 9.17) is 4.74 Å². The van der Waals surface area contributed by atoms with Crippen LogP contribution in [0.25, 0.3) is 23.8 Å². The van der Waals surface area contributed by atoms with E-state index in [0.29, 0.717) is 28.8 Å². The van der Waals surface area contributed by atoms with Crippen LogP contribution >= 0.6 is 0 Å². The Kier molecular flexibility index (Phi) is 6.75. The van der Waals surface area contributed by atoms with Crippen molar-refractivity contribution in [3.05, 3.63) is 78.2 Å². The number of nitrogens with one attached hydrogen (secondary N) is 4. The number of carbonyl (C=O) groups excluding carboxylic acids is 3. The van der Waals surface area contributed by atoms with Crippen LogP contribution in [0.2, 0.25) is 0 Å². The summed E-state index contributed by atoms with van der Waals surface area (Å²) in [6.45, 7) is 12.5. The fourth-order valence-electron chi connectivity index (χ4n) is 7.11. The normalized spacial score (nSPS) is 25.3. The molecule has 1 saturated heterocycles. The monoisotopic (exact) mass is 566 g/mol. The van der Waals surface area contributed by atoms with Crippen molar-refractivity contribution < 1.29 is 19.1 Å². The highest BCUT2D eigenvalue weighted by molar-refractivity contribution is 6.24. The summed E-state index contributed by atoms with van der Waals surface area (Å²) in [5, 5.41) is 5.24. The quantitative estimate of drug-likeness (QED) is 0.208. The van der Waals surface area contributed by atoms with Crippen molar-refractivity contribution in [2.75, 3.05) is 7.11 Å². The molecule has 2 aliphatic heterocycles. The molecule has 3 aromatic heterocycles. The third-order valence-electron chi connectivity index (χ3n) is 9.62. The van der Waals surface area contributed by atoms with Crippen molar-refractivity contribution in [2.45, 2.75) is 60.8 Å². The fourth-order valence-corrected chi connectivity index (χ4v) is 7.11. The number of carbonyl (C=O) groups is 3. The molecule has 3 aromatic rings. The Morgan fingerprint density at radius 3 is 2.26 bits per heavy atom. The summed E-state index contributed by atoms with van der Waals surface area (Å²) in [5.41, 5.74) is 11.0. The lowest BCUT2D eigenvalue weighted by Gasteiger charge is -2.19. The second kappa shape index (κ2) is 10.2. The van der Waals surface area contributed by atoms with E-state index in [1.54, 1.807) is 0 Å². The van der Waals surface area contributed by atoms with Crippen molar-refractivity contribution in [2.24, 2.45) is 17.8 Å². The molecular formula is C34H38N4O4. The minimum atomic E-state index is -1.03. The average Bonchev–Trinajstić information content (AvgIpc) is 3.71. The predicted molar refractivity (Wildman–Crippen MR) is 163 cm³/mol. The smallest absolute Gasteiger partial charge is 0.321 e. The van der Waals surface area contributed by atoms with Gasteiger partial charge in [-0.2, -0.15) is 0 Å². The molecule has 0 amide bonds. The van der Waals surface area contributed by atoms with E-state index in [1.165, 1.54) is 7.11 Å². The van der Waals surface area contributed by atoms with Gasteiger partial charge < -0.3 is 25.0 Å². The molecule has 5 heterocycles. The Balaban J connectivity index is 1.75. The fraction of sp³-hybridized carbons (Fsp3) is 0.382. The number of fused-ring (bicyclic) bond motifs is 7. The van der Waals surface area contributed by atoms with Gasteiger partial charge in [0, 0.05) is 62.4 Å². The molecule has 8 nitrogen and oxygen atoms in total. The zero-order valence-electron chi connectivity index (χ0n) is 25.3. The van der Waals surface area contributed by atoms with E-state index in [2.05, 4.69) is 54.0 Å². The van der Waals surface area contributed by atoms with Crippen LogP contribution in [0.1, 0.15) is 99.4 Å². The number of aldehydes is 1. The number of aromatic amines is 3. The number of hydrogen-bond donors (Lipinski definition) is 4. The second-order valence-corrected chi connectivity index (χ2v) is 11.8. The van der Waals surface area contributed by atoms with Crippen LogP contribution in [0.4, 0.5) is 0 Å². The number of allylic oxidation sites excluding steroid dienone is 2. The molecule has 0 saturated carbocycles. The van der Waals surface area contributed by atoms with Crippen LogP contribution in [0, 0.1) is 38.5 Å². The first-order valence-electron chi connectivity index (χ1n) is 14.8. The summed E-state index contributed by atoms with van der Waals surface area (Å²) in [7, 11) is 1.33. The van der Waals surface area contributed by atoms with Gasteiger partial charge in [0.25, 0.3) is 0 Å². The molecule has 8 bridgehead atoms. The number of esters is 1. The largest absolute Gasteiger partial charge is 0.468 e. The zero-order chi connectivity index (χ0) is 30.0. The van der Waals surface area contributed by atoms with Gasteiger partial charge in [0.15, 0.2) is 12.1 Å². The van der Waals surface area contributed by atoms with Gasteiger partial charge in [-0.05, 0) is 74.1 Å². The number of aromatic nitrogens is 3. The number of ether oxygens (including phenoxy) is 1. The standard InChI is InChI=1S/C34H38N4O4/c1-8-10-20-17(5)24-11-22-15(3)16(4)23(35-22)12-27-21(14-39)19(9-2)26(36-27)13-25-18(6)28-32(38-25)29(31(20)37-24)30(33(28)40)34(41)42-7/h11-14,17,20,30,35-38H,8-10H2,1-7H3/b24-11-,26-13-,27-12-,31-29-/t17-,20-,30+/m0/s1. The number of H-pyrrole nitrogens is 3. The van der Waals surface area contributed by atoms with Gasteiger partial charge in [-0.1, -0.05) is 27.2 Å². The van der Waals surface area contributed by atoms with Gasteiger partial charge in [0.05, 0.1) is 18.2 Å². The molecule has 1 aliphatic carbocycles. The van der Waals surface area contributed by atoms with Crippen molar-refractivity contribution in [3.63, 3.8) is 0 Å². The van der Waals surface area contributed by atoms with Gasteiger partial charge in [-0.15, -0.1) is 0 Å². The van der Waals surface area contributed by atoms with Gasteiger partial charge in [-0.25, -0.2) is 0 Å². The molecule has 4 N–H and O–H groups in total. The summed E-state index contributed by atoms with van der Waals surface area (Å²) in [4.78, 5) is 50.1. The molecule has 8 heteroatoms. The summed E-state index contributed by atoms with van der Waals surface area (Å²) in [5.74, 6) is -1.60. The summed E-state index contributed by atoms with van der Waals surface area (Å²) in [6, 6.07) is 0. The van der Waals surface area contributed by atoms with Gasteiger partial charge >= 0.3 is 5.97 Å². The highest BCUT2D eigenvalue weighted by Crippen LogP contribution is 2.48. The molecule has 0 spiro atoms. The molecule has 0 unspecified atom stereocenters. The second-order valence-electron chi connectivity index (χ2n) is 11.8. The Morgan fingerprint density at radius 1 is 0.952 bits per heavy atom. The maximum atomic E-state index is 14.0. The van der Waals surface area contributed by atoms with Crippen molar-refractivity contribution in [1.29, 1.82) is 0 Å². The van der Waals surface area contributed by atoms with Crippen LogP contribution in [0.15, 0.2) is 11.4 Å². The van der Waals surface area contributed by atoms with E-state index in [-0.39, 0.29) is 17.6 Å². The van der Waals surface area contributed by atoms with Crippen LogP contribution in [-0.2, 0) is 16.0 Å². The van der Waals surface area contributed by atoms with Crippen LogP contribution in [0.3, 0.4) is 0 Å². The molecule has 0 aromatic carbocycles. The Hall–Kier alpha value is -4.33. The Bertz CT molecular complexity index is 1860. The molecule has 1 fully saturated rings. The first-order valence-corrected chi connectivity index (χ1v) is 14.8. The van der Waals surface area contributed by atoms with Crippen LogP contribution in [0.5, 0.6) is 0 Å². The molecule has 3 atom stereocenters. The molecular weight excluding hydrogens is 528 g/mol. The number of ketones is 1. The molecule has 42 heavy (non-hydrogen) atoms. The predicted octanol–water partition coefficient (Wildman–Crippen LogP) is 4.34. The lowest BCUT2D eigenvalue weighted by molar-refractivity contribution is -0.141. The highest BCUT2D eigenvalue weighted by atomic mass is 16.5. The van der Waals surface area contributed by atoms with E-state index in [1.807, 2.05) is 26.0 Å². The topological polar surface area (TPSA) is 120 Å². The van der Waals surface area contributed by atoms with Crippen molar-refractivity contribution in [3.8, 4) is 0 Å². The zero-order valence-corrected chi connectivity index (χ0v) is 25.3. The van der Waals surface area contributed by atoms with Gasteiger partial charge in [0.1, 0.15) is 5.92 Å². The van der Waals surface area contributed by atoms with Crippen LogP contribution < -0.4 is 16.0 Å². The van der Waals surface area contributed by atoms with Crippen molar-refractivity contribution >= 4 is 41.8 Å². The van der Waals surface area contributed by atoms with Gasteiger partial charge in [-0.3, -0.25) is 14.4 Å². The Morgan fingerprint density at radius 2 is 1.62 bits per heavy atom.